The van der Waals surface area contributed by atoms with Crippen molar-refractivity contribution in [1.82, 2.24) is 4.90 Å². The number of hydrogen-bond donors (Lipinski definition) is 3. The summed E-state index contributed by atoms with van der Waals surface area (Å²) in [6.45, 7) is 6.27. The molecule has 2 fully saturated rings. The highest BCUT2D eigenvalue weighted by molar-refractivity contribution is 5.79. The van der Waals surface area contributed by atoms with Crippen LogP contribution in [0.2, 0.25) is 0 Å². The molecule has 2 saturated heterocycles. The number of nitrogens with zero attached hydrogens (tertiary/aromatic N) is 2. The summed E-state index contributed by atoms with van der Waals surface area (Å²) in [4.78, 5) is 27.1. The van der Waals surface area contributed by atoms with Gasteiger partial charge in [0, 0.05) is 23.9 Å². The molecule has 0 aliphatic carbocycles. The Morgan fingerprint density at radius 2 is 1.75 bits per heavy atom. The summed E-state index contributed by atoms with van der Waals surface area (Å²) in [5.41, 5.74) is 3.43. The van der Waals surface area contributed by atoms with Crippen LogP contribution >= 0.6 is 0 Å². The summed E-state index contributed by atoms with van der Waals surface area (Å²) in [7, 11) is 0. The van der Waals surface area contributed by atoms with E-state index in [1.165, 1.54) is 6.07 Å². The van der Waals surface area contributed by atoms with Crippen LogP contribution in [0.25, 0.3) is 0 Å². The number of anilines is 1. The van der Waals surface area contributed by atoms with Gasteiger partial charge in [-0.2, -0.15) is 0 Å². The van der Waals surface area contributed by atoms with Crippen LogP contribution in [0.1, 0.15) is 55.3 Å². The highest BCUT2D eigenvalue weighted by Crippen LogP contribution is 2.50. The molecular weight excluding hydrogens is 408 g/mol. The van der Waals surface area contributed by atoms with Crippen molar-refractivity contribution in [2.24, 2.45) is 5.92 Å². The standard InChI is InChI=1S/C25H30N2O5/c1-15(2)19-11-20(23(30)12-22(19)29)24-21(14-28)27(24)18-5-3-16(4-6-18)13-26-9-7-17(8-10-26)25(31)32/h3-6,11-12,14-15,17,21,24,29-30H,7-10,13H2,1-2H3,(H,31,32)/t21?,24-,27?/m0/s1. The molecule has 0 amide bonds. The molecule has 32 heavy (non-hydrogen) atoms. The number of phenols is 2. The third kappa shape index (κ3) is 4.30. The van der Waals surface area contributed by atoms with Crippen molar-refractivity contribution in [2.45, 2.75) is 51.2 Å². The van der Waals surface area contributed by atoms with Crippen LogP contribution in [0.4, 0.5) is 5.69 Å². The van der Waals surface area contributed by atoms with Gasteiger partial charge in [-0.1, -0.05) is 26.0 Å². The van der Waals surface area contributed by atoms with E-state index in [0.717, 1.165) is 42.7 Å². The average molecular weight is 439 g/mol. The van der Waals surface area contributed by atoms with E-state index in [4.69, 9.17) is 5.11 Å². The van der Waals surface area contributed by atoms with E-state index >= 15 is 0 Å². The van der Waals surface area contributed by atoms with E-state index in [9.17, 15) is 19.8 Å². The Kier molecular flexibility index (Phi) is 6.11. The fourth-order valence-corrected chi connectivity index (χ4v) is 4.74. The lowest BCUT2D eigenvalue weighted by atomic mass is 9.97. The van der Waals surface area contributed by atoms with Crippen LogP contribution in [0.5, 0.6) is 11.5 Å². The first-order valence-corrected chi connectivity index (χ1v) is 11.1. The van der Waals surface area contributed by atoms with E-state index in [-0.39, 0.29) is 35.4 Å². The van der Waals surface area contributed by atoms with E-state index in [2.05, 4.69) is 4.90 Å². The number of hydrogen-bond acceptors (Lipinski definition) is 6. The number of carbonyl (C=O) groups is 2. The second-order valence-corrected chi connectivity index (χ2v) is 9.16. The second-order valence-electron chi connectivity index (χ2n) is 9.16. The van der Waals surface area contributed by atoms with Gasteiger partial charge in [0.25, 0.3) is 0 Å². The van der Waals surface area contributed by atoms with Gasteiger partial charge >= 0.3 is 5.97 Å². The Labute approximate surface area is 187 Å². The Morgan fingerprint density at radius 1 is 1.09 bits per heavy atom. The van der Waals surface area contributed by atoms with Crippen molar-refractivity contribution in [3.05, 3.63) is 53.1 Å². The maximum atomic E-state index is 11.7. The highest BCUT2D eigenvalue weighted by atomic mass is 16.4. The smallest absolute Gasteiger partial charge is 0.306 e. The number of carboxylic acids is 1. The summed E-state index contributed by atoms with van der Waals surface area (Å²) in [5.74, 6) is -0.787. The topological polar surface area (TPSA) is 101 Å². The summed E-state index contributed by atoms with van der Waals surface area (Å²) in [5, 5.41) is 29.7. The number of phenolic OH excluding ortho intramolecular Hbond substituents is 2. The third-order valence-corrected chi connectivity index (χ3v) is 6.69. The van der Waals surface area contributed by atoms with Crippen molar-refractivity contribution >= 4 is 17.9 Å². The van der Waals surface area contributed by atoms with Gasteiger partial charge in [-0.3, -0.25) is 9.69 Å². The molecular formula is C25H30N2O5. The maximum Gasteiger partial charge on any atom is 0.306 e. The van der Waals surface area contributed by atoms with Gasteiger partial charge in [0.15, 0.2) is 0 Å². The molecule has 2 aromatic rings. The predicted molar refractivity (Wildman–Crippen MR) is 121 cm³/mol. The first-order chi connectivity index (χ1) is 15.3. The zero-order valence-electron chi connectivity index (χ0n) is 18.4. The molecule has 0 bridgehead atoms. The molecule has 1 unspecified atom stereocenters. The minimum atomic E-state index is -0.702. The van der Waals surface area contributed by atoms with Crippen LogP contribution in [0.15, 0.2) is 36.4 Å². The van der Waals surface area contributed by atoms with Crippen molar-refractivity contribution in [1.29, 1.82) is 0 Å². The van der Waals surface area contributed by atoms with Gasteiger partial charge in [0.1, 0.15) is 23.8 Å². The monoisotopic (exact) mass is 438 g/mol. The van der Waals surface area contributed by atoms with Crippen LogP contribution in [-0.4, -0.2) is 51.6 Å². The number of carbonyl (C=O) groups excluding carboxylic acids is 1. The second kappa shape index (κ2) is 8.82. The van der Waals surface area contributed by atoms with Crippen LogP contribution in [0, 0.1) is 5.92 Å². The summed E-state index contributed by atoms with van der Waals surface area (Å²) in [6.07, 6.45) is 2.25. The van der Waals surface area contributed by atoms with Crippen molar-refractivity contribution < 1.29 is 24.9 Å². The lowest BCUT2D eigenvalue weighted by molar-refractivity contribution is -0.143. The molecule has 170 valence electrons. The van der Waals surface area contributed by atoms with Crippen molar-refractivity contribution in [2.75, 3.05) is 18.0 Å². The van der Waals surface area contributed by atoms with Crippen LogP contribution < -0.4 is 4.90 Å². The SMILES string of the molecule is CC(C)c1cc([C@H]2C(C=O)N2c2ccc(CN3CCC(C(=O)O)CC3)cc2)c(O)cc1O. The van der Waals surface area contributed by atoms with E-state index in [1.54, 1.807) is 6.07 Å². The zero-order valence-corrected chi connectivity index (χ0v) is 18.4. The van der Waals surface area contributed by atoms with Gasteiger partial charge in [-0.25, -0.2) is 0 Å². The first-order valence-electron chi connectivity index (χ1n) is 11.1. The number of likely N-dealkylation sites (tertiary alicyclic amines) is 1. The van der Waals surface area contributed by atoms with Crippen molar-refractivity contribution in [3.63, 3.8) is 0 Å². The fraction of sp³-hybridized carbons (Fsp3) is 0.440. The van der Waals surface area contributed by atoms with Crippen LogP contribution in [0.3, 0.4) is 0 Å². The number of aromatic hydroxyl groups is 2. The molecule has 2 aliphatic rings. The van der Waals surface area contributed by atoms with E-state index in [0.29, 0.717) is 18.4 Å². The van der Waals surface area contributed by atoms with E-state index < -0.39 is 5.97 Å². The fourth-order valence-electron chi connectivity index (χ4n) is 4.74. The Balaban J connectivity index is 1.46. The largest absolute Gasteiger partial charge is 0.508 e. The highest BCUT2D eigenvalue weighted by Gasteiger charge is 2.50. The van der Waals surface area contributed by atoms with Gasteiger partial charge < -0.3 is 25.0 Å². The lowest BCUT2D eigenvalue weighted by Gasteiger charge is -2.30. The number of carboxylic acid groups (broad SMARTS) is 1. The molecule has 2 aliphatic heterocycles. The predicted octanol–water partition coefficient (Wildman–Crippen LogP) is 3.65. The number of benzene rings is 2. The minimum Gasteiger partial charge on any atom is -0.508 e. The molecule has 7 heteroatoms. The molecule has 0 saturated carbocycles. The molecule has 0 radical (unpaired) electrons. The van der Waals surface area contributed by atoms with Gasteiger partial charge in [0.05, 0.1) is 12.0 Å². The normalized spacial score (nSPS) is 21.7. The van der Waals surface area contributed by atoms with Crippen LogP contribution in [-0.2, 0) is 16.1 Å². The van der Waals surface area contributed by atoms with Gasteiger partial charge in [-0.05, 0) is 61.2 Å². The summed E-state index contributed by atoms with van der Waals surface area (Å²) < 4.78 is 0. The lowest BCUT2D eigenvalue weighted by Crippen LogP contribution is -2.35. The average Bonchev–Trinajstić information content (AvgIpc) is 3.48. The molecule has 2 atom stereocenters. The molecule has 2 heterocycles. The minimum absolute atomic E-state index is 0.00682. The van der Waals surface area contributed by atoms with Crippen molar-refractivity contribution in [3.8, 4) is 11.5 Å². The summed E-state index contributed by atoms with van der Waals surface area (Å²) in [6, 6.07) is 10.6. The zero-order chi connectivity index (χ0) is 23.0. The first kappa shape index (κ1) is 22.1. The number of rotatable bonds is 7. The van der Waals surface area contributed by atoms with Gasteiger partial charge in [-0.15, -0.1) is 0 Å². The Bertz CT molecular complexity index is 996. The molecule has 7 nitrogen and oxygen atoms in total. The molecule has 0 aromatic heterocycles. The maximum absolute atomic E-state index is 11.7. The number of piperidine rings is 1. The molecule has 4 rings (SSSR count). The Hall–Kier alpha value is -3.06. The molecule has 3 N–H and O–H groups in total. The van der Waals surface area contributed by atoms with Gasteiger partial charge in [0.2, 0.25) is 0 Å². The quantitative estimate of drug-likeness (QED) is 0.448. The number of aliphatic carboxylic acids is 1. The summed E-state index contributed by atoms with van der Waals surface area (Å²) >= 11 is 0. The molecule has 2 aromatic carbocycles. The third-order valence-electron chi connectivity index (χ3n) is 6.69. The van der Waals surface area contributed by atoms with E-state index in [1.807, 2.05) is 43.0 Å². The molecule has 0 spiro atoms. The number of aldehydes is 1. The Morgan fingerprint density at radius 3 is 2.31 bits per heavy atom.